The van der Waals surface area contributed by atoms with Crippen molar-refractivity contribution in [3.05, 3.63) is 23.7 Å². The molecule has 2 N–H and O–H groups in total. The number of rotatable bonds is 3. The summed E-state index contributed by atoms with van der Waals surface area (Å²) in [5, 5.41) is 5.92. The Kier molecular flexibility index (Phi) is 5.03. The van der Waals surface area contributed by atoms with E-state index >= 15 is 0 Å². The summed E-state index contributed by atoms with van der Waals surface area (Å²) >= 11 is 0. The molecular formula is C18H28N4O3. The average molecular weight is 348 g/mol. The molecule has 2 saturated heterocycles. The van der Waals surface area contributed by atoms with E-state index in [1.165, 1.54) is 0 Å². The molecule has 3 heterocycles. The van der Waals surface area contributed by atoms with Gasteiger partial charge < -0.3 is 20.0 Å². The summed E-state index contributed by atoms with van der Waals surface area (Å²) in [6.07, 6.45) is 0.464. The van der Waals surface area contributed by atoms with Crippen molar-refractivity contribution < 1.29 is 14.0 Å². The molecule has 3 rings (SSSR count). The van der Waals surface area contributed by atoms with Gasteiger partial charge in [-0.1, -0.05) is 0 Å². The van der Waals surface area contributed by atoms with Crippen LogP contribution in [0.5, 0.6) is 0 Å². The molecule has 0 unspecified atom stereocenters. The number of carbonyl (C=O) groups excluding carboxylic acids is 2. The van der Waals surface area contributed by atoms with E-state index in [1.807, 2.05) is 37.8 Å². The van der Waals surface area contributed by atoms with Crippen molar-refractivity contribution in [3.8, 4) is 0 Å². The highest BCUT2D eigenvalue weighted by Crippen LogP contribution is 2.31. The molecule has 25 heavy (non-hydrogen) atoms. The Morgan fingerprint density at radius 2 is 2.16 bits per heavy atom. The zero-order chi connectivity index (χ0) is 18.0. The number of carbonyl (C=O) groups is 2. The second-order valence-electron chi connectivity index (χ2n) is 7.70. The zero-order valence-electron chi connectivity index (χ0n) is 15.3. The van der Waals surface area contributed by atoms with E-state index in [0.29, 0.717) is 32.6 Å². The molecule has 7 heteroatoms. The standard InChI is InChI=1S/C18H28N4O3/c1-13(2)20-17(24)22-7-6-21(9-15-5-4-14(3)25-15)11-18(12-22)8-16(23)19-10-18/h4-5,13H,6-12H2,1-3H3,(H,19,23)(H,20,24)/t18-/m0/s1. The number of hydrogen-bond donors (Lipinski definition) is 2. The Morgan fingerprint density at radius 1 is 1.36 bits per heavy atom. The fourth-order valence-electron chi connectivity index (χ4n) is 3.76. The van der Waals surface area contributed by atoms with Gasteiger partial charge in [0.05, 0.1) is 6.54 Å². The number of urea groups is 1. The van der Waals surface area contributed by atoms with E-state index in [0.717, 1.165) is 24.6 Å². The summed E-state index contributed by atoms with van der Waals surface area (Å²) in [7, 11) is 0. The van der Waals surface area contributed by atoms with Gasteiger partial charge in [0.25, 0.3) is 0 Å². The van der Waals surface area contributed by atoms with Gasteiger partial charge in [-0.05, 0) is 32.9 Å². The predicted molar refractivity (Wildman–Crippen MR) is 94.0 cm³/mol. The predicted octanol–water partition coefficient (Wildman–Crippen LogP) is 1.33. The summed E-state index contributed by atoms with van der Waals surface area (Å²) in [6.45, 7) is 9.94. The lowest BCUT2D eigenvalue weighted by Crippen LogP contribution is -2.48. The maximum Gasteiger partial charge on any atom is 0.317 e. The molecule has 0 saturated carbocycles. The highest BCUT2D eigenvalue weighted by atomic mass is 16.3. The Morgan fingerprint density at radius 3 is 2.76 bits per heavy atom. The number of hydrogen-bond acceptors (Lipinski definition) is 4. The van der Waals surface area contributed by atoms with Crippen molar-refractivity contribution in [2.45, 2.75) is 39.8 Å². The first-order valence-corrected chi connectivity index (χ1v) is 8.95. The van der Waals surface area contributed by atoms with E-state index < -0.39 is 0 Å². The third-order valence-electron chi connectivity index (χ3n) is 4.84. The van der Waals surface area contributed by atoms with Crippen LogP contribution in [0, 0.1) is 12.3 Å². The number of aryl methyl sites for hydroxylation is 1. The number of nitrogens with one attached hydrogen (secondary N) is 2. The van der Waals surface area contributed by atoms with Crippen molar-refractivity contribution in [3.63, 3.8) is 0 Å². The number of furan rings is 1. The third kappa shape index (κ3) is 4.34. The first-order valence-electron chi connectivity index (χ1n) is 8.95. The Balaban J connectivity index is 1.75. The van der Waals surface area contributed by atoms with E-state index in [-0.39, 0.29) is 23.4 Å². The minimum atomic E-state index is -0.233. The Bertz CT molecular complexity index is 642. The molecule has 0 bridgehead atoms. The second kappa shape index (κ2) is 7.07. The van der Waals surface area contributed by atoms with Gasteiger partial charge in [0.2, 0.25) is 5.91 Å². The lowest BCUT2D eigenvalue weighted by molar-refractivity contribution is -0.119. The van der Waals surface area contributed by atoms with E-state index in [2.05, 4.69) is 15.5 Å². The van der Waals surface area contributed by atoms with Gasteiger partial charge in [0.1, 0.15) is 11.5 Å². The van der Waals surface area contributed by atoms with E-state index in [4.69, 9.17) is 4.42 Å². The zero-order valence-corrected chi connectivity index (χ0v) is 15.3. The molecule has 1 aromatic heterocycles. The normalized spacial score (nSPS) is 24.6. The smallest absolute Gasteiger partial charge is 0.317 e. The first-order chi connectivity index (χ1) is 11.8. The molecule has 1 spiro atoms. The molecule has 2 fully saturated rings. The third-order valence-corrected chi connectivity index (χ3v) is 4.84. The van der Waals surface area contributed by atoms with Gasteiger partial charge in [-0.3, -0.25) is 9.69 Å². The molecule has 1 aromatic rings. The highest BCUT2D eigenvalue weighted by molar-refractivity contribution is 5.80. The fourth-order valence-corrected chi connectivity index (χ4v) is 3.76. The van der Waals surface area contributed by atoms with E-state index in [1.54, 1.807) is 0 Å². The van der Waals surface area contributed by atoms with E-state index in [9.17, 15) is 9.59 Å². The average Bonchev–Trinajstić information content (AvgIpc) is 3.02. The topological polar surface area (TPSA) is 77.8 Å². The lowest BCUT2D eigenvalue weighted by atomic mass is 9.86. The molecule has 2 aliphatic rings. The van der Waals surface area contributed by atoms with Crippen LogP contribution in [0.2, 0.25) is 0 Å². The highest BCUT2D eigenvalue weighted by Gasteiger charge is 2.44. The molecule has 1 atom stereocenters. The van der Waals surface area contributed by atoms with Crippen molar-refractivity contribution in [2.24, 2.45) is 5.41 Å². The van der Waals surface area contributed by atoms with Crippen LogP contribution >= 0.6 is 0 Å². The molecule has 0 radical (unpaired) electrons. The van der Waals surface area contributed by atoms with Crippen LogP contribution in [0.1, 0.15) is 31.8 Å². The van der Waals surface area contributed by atoms with Crippen molar-refractivity contribution >= 4 is 11.9 Å². The summed E-state index contributed by atoms with van der Waals surface area (Å²) in [5.74, 6) is 1.89. The van der Waals surface area contributed by atoms with Gasteiger partial charge in [0.15, 0.2) is 0 Å². The van der Waals surface area contributed by atoms with Crippen molar-refractivity contribution in [1.82, 2.24) is 20.4 Å². The molecule has 2 aliphatic heterocycles. The number of nitrogens with zero attached hydrogens (tertiary/aromatic N) is 2. The fraction of sp³-hybridized carbons (Fsp3) is 0.667. The lowest BCUT2D eigenvalue weighted by Gasteiger charge is -2.32. The Labute approximate surface area is 148 Å². The number of amides is 3. The Hall–Kier alpha value is -2.02. The van der Waals surface area contributed by atoms with Crippen molar-refractivity contribution in [2.75, 3.05) is 32.7 Å². The quantitative estimate of drug-likeness (QED) is 0.864. The molecule has 7 nitrogen and oxygen atoms in total. The van der Waals surface area contributed by atoms with Crippen molar-refractivity contribution in [1.29, 1.82) is 0 Å². The van der Waals surface area contributed by atoms with Crippen LogP contribution in [-0.2, 0) is 11.3 Å². The second-order valence-corrected chi connectivity index (χ2v) is 7.70. The molecule has 0 aliphatic carbocycles. The minimum Gasteiger partial charge on any atom is -0.465 e. The molecular weight excluding hydrogens is 320 g/mol. The van der Waals surface area contributed by atoms with Gasteiger partial charge in [-0.15, -0.1) is 0 Å². The van der Waals surface area contributed by atoms with Gasteiger partial charge >= 0.3 is 6.03 Å². The monoisotopic (exact) mass is 348 g/mol. The van der Waals surface area contributed by atoms with Gasteiger partial charge in [-0.2, -0.15) is 0 Å². The summed E-state index contributed by atoms with van der Waals surface area (Å²) in [5.41, 5.74) is -0.233. The van der Waals surface area contributed by atoms with Crippen LogP contribution in [0.3, 0.4) is 0 Å². The minimum absolute atomic E-state index is 0.0515. The maximum atomic E-state index is 12.5. The van der Waals surface area contributed by atoms with Crippen LogP contribution < -0.4 is 10.6 Å². The molecule has 3 amide bonds. The maximum absolute atomic E-state index is 12.5. The summed E-state index contributed by atoms with van der Waals surface area (Å²) < 4.78 is 5.71. The van der Waals surface area contributed by atoms with Gasteiger partial charge in [0, 0.05) is 50.6 Å². The molecule has 0 aromatic carbocycles. The van der Waals surface area contributed by atoms with Crippen LogP contribution in [0.25, 0.3) is 0 Å². The first kappa shape index (κ1) is 17.8. The summed E-state index contributed by atoms with van der Waals surface area (Å²) in [4.78, 5) is 28.6. The van der Waals surface area contributed by atoms with Gasteiger partial charge in [-0.25, -0.2) is 4.79 Å². The molecule has 138 valence electrons. The van der Waals surface area contributed by atoms with Crippen LogP contribution in [0.15, 0.2) is 16.5 Å². The largest absolute Gasteiger partial charge is 0.465 e. The van der Waals surface area contributed by atoms with Crippen LogP contribution in [-0.4, -0.2) is 60.5 Å². The van der Waals surface area contributed by atoms with Crippen LogP contribution in [0.4, 0.5) is 4.79 Å². The SMILES string of the molecule is Cc1ccc(CN2CCN(C(=O)NC(C)C)C[C@@]3(CNC(=O)C3)C2)o1. The summed E-state index contributed by atoms with van der Waals surface area (Å²) in [6, 6.07) is 4.00.